The number of nitrogens with zero attached hydrogens (tertiary/aromatic N) is 1. The predicted molar refractivity (Wildman–Crippen MR) is 45.9 cm³/mol. The highest BCUT2D eigenvalue weighted by Crippen LogP contribution is 2.08. The van der Waals surface area contributed by atoms with E-state index in [1.807, 2.05) is 31.2 Å². The number of rotatable bonds is 0. The minimum atomic E-state index is 0. The van der Waals surface area contributed by atoms with Crippen LogP contribution < -0.4 is 6.15 Å². The lowest BCUT2D eigenvalue weighted by molar-refractivity contribution is 1.17. The number of aryl methyl sites for hydroxylation is 1. The highest BCUT2D eigenvalue weighted by molar-refractivity contribution is 5.74. The molecular formula is C8H11N3. The smallest absolute Gasteiger partial charge is 0.104 e. The number of H-pyrrole nitrogens is 1. The highest BCUT2D eigenvalue weighted by atomic mass is 14.9. The van der Waals surface area contributed by atoms with Crippen LogP contribution in [0.2, 0.25) is 0 Å². The maximum atomic E-state index is 4.26. The van der Waals surface area contributed by atoms with Gasteiger partial charge in [-0.1, -0.05) is 12.1 Å². The summed E-state index contributed by atoms with van der Waals surface area (Å²) in [4.78, 5) is 7.40. The summed E-state index contributed by atoms with van der Waals surface area (Å²) in [6.07, 6.45) is 0. The van der Waals surface area contributed by atoms with Crippen LogP contribution in [0.5, 0.6) is 0 Å². The Morgan fingerprint density at radius 2 is 2.00 bits per heavy atom. The third kappa shape index (κ3) is 1.23. The number of fused-ring (bicyclic) bond motifs is 1. The Balaban J connectivity index is 0.000000605. The average molecular weight is 149 g/mol. The topological polar surface area (TPSA) is 63.7 Å². The fraction of sp³-hybridized carbons (Fsp3) is 0.125. The molecule has 3 heteroatoms. The Morgan fingerprint density at radius 1 is 1.27 bits per heavy atom. The molecule has 11 heavy (non-hydrogen) atoms. The molecule has 1 aromatic heterocycles. The number of benzene rings is 1. The second-order valence-electron chi connectivity index (χ2n) is 2.34. The second kappa shape index (κ2) is 2.72. The van der Waals surface area contributed by atoms with Crippen molar-refractivity contribution in [3.63, 3.8) is 0 Å². The first-order valence-corrected chi connectivity index (χ1v) is 3.27. The zero-order chi connectivity index (χ0) is 6.97. The average Bonchev–Trinajstić information content (AvgIpc) is 2.27. The summed E-state index contributed by atoms with van der Waals surface area (Å²) in [6, 6.07) is 8.01. The molecule has 0 fully saturated rings. The van der Waals surface area contributed by atoms with Crippen LogP contribution in [0, 0.1) is 6.92 Å². The summed E-state index contributed by atoms with van der Waals surface area (Å²) in [5.41, 5.74) is 2.15. The lowest BCUT2D eigenvalue weighted by Gasteiger charge is -1.81. The molecule has 0 aliphatic carbocycles. The van der Waals surface area contributed by atoms with Crippen LogP contribution >= 0.6 is 0 Å². The molecule has 0 aliphatic rings. The van der Waals surface area contributed by atoms with Crippen molar-refractivity contribution in [3.8, 4) is 0 Å². The van der Waals surface area contributed by atoms with E-state index in [2.05, 4.69) is 9.97 Å². The van der Waals surface area contributed by atoms with Gasteiger partial charge in [-0.15, -0.1) is 0 Å². The fourth-order valence-corrected chi connectivity index (χ4v) is 1.08. The van der Waals surface area contributed by atoms with Crippen LogP contribution in [0.4, 0.5) is 0 Å². The third-order valence-corrected chi connectivity index (χ3v) is 1.51. The summed E-state index contributed by atoms with van der Waals surface area (Å²) >= 11 is 0. The van der Waals surface area contributed by atoms with Crippen molar-refractivity contribution in [2.24, 2.45) is 0 Å². The molecule has 1 heterocycles. The van der Waals surface area contributed by atoms with Crippen molar-refractivity contribution in [3.05, 3.63) is 30.1 Å². The Morgan fingerprint density at radius 3 is 2.73 bits per heavy atom. The number of para-hydroxylation sites is 2. The normalized spacial score (nSPS) is 9.55. The van der Waals surface area contributed by atoms with Crippen LogP contribution in [0.3, 0.4) is 0 Å². The van der Waals surface area contributed by atoms with Gasteiger partial charge in [-0.25, -0.2) is 4.98 Å². The van der Waals surface area contributed by atoms with Crippen LogP contribution in [-0.4, -0.2) is 9.97 Å². The molecular weight excluding hydrogens is 138 g/mol. The molecule has 0 amide bonds. The predicted octanol–water partition coefficient (Wildman–Crippen LogP) is 2.03. The Labute approximate surface area is 65.0 Å². The monoisotopic (exact) mass is 149 g/mol. The Bertz CT molecular complexity index is 318. The van der Waals surface area contributed by atoms with Crippen molar-refractivity contribution in [1.82, 2.24) is 16.1 Å². The van der Waals surface area contributed by atoms with Crippen LogP contribution in [0.1, 0.15) is 5.82 Å². The van der Waals surface area contributed by atoms with Gasteiger partial charge in [0.2, 0.25) is 0 Å². The number of hydrogen-bond acceptors (Lipinski definition) is 2. The molecule has 4 N–H and O–H groups in total. The number of imidazole rings is 1. The molecule has 2 aromatic rings. The quantitative estimate of drug-likeness (QED) is 0.602. The molecule has 0 saturated heterocycles. The molecule has 0 spiro atoms. The van der Waals surface area contributed by atoms with Crippen molar-refractivity contribution < 1.29 is 0 Å². The van der Waals surface area contributed by atoms with Gasteiger partial charge in [0, 0.05) is 0 Å². The maximum Gasteiger partial charge on any atom is 0.104 e. The van der Waals surface area contributed by atoms with Crippen LogP contribution in [0.25, 0.3) is 11.0 Å². The van der Waals surface area contributed by atoms with E-state index in [0.717, 1.165) is 16.9 Å². The van der Waals surface area contributed by atoms with Gasteiger partial charge < -0.3 is 11.1 Å². The van der Waals surface area contributed by atoms with Gasteiger partial charge in [-0.2, -0.15) is 0 Å². The first kappa shape index (κ1) is 7.75. The molecule has 0 saturated carbocycles. The molecule has 58 valence electrons. The van der Waals surface area contributed by atoms with Gasteiger partial charge in [-0.3, -0.25) is 0 Å². The van der Waals surface area contributed by atoms with Crippen LogP contribution in [-0.2, 0) is 0 Å². The van der Waals surface area contributed by atoms with Crippen LogP contribution in [0.15, 0.2) is 24.3 Å². The van der Waals surface area contributed by atoms with E-state index in [0.29, 0.717) is 0 Å². The van der Waals surface area contributed by atoms with Crippen molar-refractivity contribution in [1.29, 1.82) is 0 Å². The molecule has 1 aromatic carbocycles. The second-order valence-corrected chi connectivity index (χ2v) is 2.34. The lowest BCUT2D eigenvalue weighted by atomic mass is 10.3. The lowest BCUT2D eigenvalue weighted by Crippen LogP contribution is -1.68. The zero-order valence-electron chi connectivity index (χ0n) is 6.46. The van der Waals surface area contributed by atoms with E-state index >= 15 is 0 Å². The third-order valence-electron chi connectivity index (χ3n) is 1.51. The zero-order valence-corrected chi connectivity index (χ0v) is 6.46. The van der Waals surface area contributed by atoms with Gasteiger partial charge in [0.15, 0.2) is 0 Å². The molecule has 0 aliphatic heterocycles. The summed E-state index contributed by atoms with van der Waals surface area (Å²) in [6.45, 7) is 1.96. The standard InChI is InChI=1S/C8H8N2.H3N/c1-6-9-7-4-2-3-5-8(7)10-6;/h2-5H,1H3,(H,9,10);1H3. The summed E-state index contributed by atoms with van der Waals surface area (Å²) < 4.78 is 0. The minimum absolute atomic E-state index is 0. The number of nitrogens with one attached hydrogen (secondary N) is 1. The molecule has 0 bridgehead atoms. The van der Waals surface area contributed by atoms with E-state index in [1.165, 1.54) is 0 Å². The fourth-order valence-electron chi connectivity index (χ4n) is 1.08. The molecule has 0 atom stereocenters. The van der Waals surface area contributed by atoms with Gasteiger partial charge in [0.1, 0.15) is 5.82 Å². The summed E-state index contributed by atoms with van der Waals surface area (Å²) in [5.74, 6) is 0.973. The van der Waals surface area contributed by atoms with E-state index in [9.17, 15) is 0 Å². The molecule has 3 nitrogen and oxygen atoms in total. The molecule has 0 unspecified atom stereocenters. The van der Waals surface area contributed by atoms with Gasteiger partial charge in [-0.05, 0) is 19.1 Å². The minimum Gasteiger partial charge on any atom is -0.344 e. The van der Waals surface area contributed by atoms with Crippen molar-refractivity contribution in [2.75, 3.05) is 0 Å². The van der Waals surface area contributed by atoms with Crippen molar-refractivity contribution >= 4 is 11.0 Å². The maximum absolute atomic E-state index is 4.26. The van der Waals surface area contributed by atoms with E-state index < -0.39 is 0 Å². The van der Waals surface area contributed by atoms with Gasteiger partial charge in [0.05, 0.1) is 11.0 Å². The number of hydrogen-bond donors (Lipinski definition) is 2. The summed E-state index contributed by atoms with van der Waals surface area (Å²) in [5, 5.41) is 0. The van der Waals surface area contributed by atoms with E-state index in [-0.39, 0.29) is 6.15 Å². The highest BCUT2D eigenvalue weighted by Gasteiger charge is 1.93. The summed E-state index contributed by atoms with van der Waals surface area (Å²) in [7, 11) is 0. The number of aromatic amines is 1. The first-order valence-electron chi connectivity index (χ1n) is 3.27. The van der Waals surface area contributed by atoms with Crippen molar-refractivity contribution in [2.45, 2.75) is 6.92 Å². The molecule has 2 rings (SSSR count). The Hall–Kier alpha value is -1.35. The first-order chi connectivity index (χ1) is 4.86. The van der Waals surface area contributed by atoms with E-state index in [1.54, 1.807) is 0 Å². The Kier molecular flexibility index (Phi) is 1.92. The van der Waals surface area contributed by atoms with Gasteiger partial charge >= 0.3 is 0 Å². The largest absolute Gasteiger partial charge is 0.344 e. The number of aromatic nitrogens is 2. The van der Waals surface area contributed by atoms with Gasteiger partial charge in [0.25, 0.3) is 0 Å². The SMILES string of the molecule is Cc1nc2ccccc2[nH]1.N. The van der Waals surface area contributed by atoms with E-state index in [4.69, 9.17) is 0 Å². The molecule has 0 radical (unpaired) electrons.